The first-order valence-electron chi connectivity index (χ1n) is 5.10. The molecule has 3 heteroatoms. The van der Waals surface area contributed by atoms with Crippen molar-refractivity contribution in [2.24, 2.45) is 7.05 Å². The Bertz CT molecular complexity index is 526. The summed E-state index contributed by atoms with van der Waals surface area (Å²) in [5.41, 5.74) is 2.80. The molecule has 0 aliphatic heterocycles. The number of benzene rings is 1. The number of nitrogens with zero attached hydrogens (tertiary/aromatic N) is 2. The first-order chi connectivity index (χ1) is 7.15. The first-order valence-corrected chi connectivity index (χ1v) is 5.10. The lowest BCUT2D eigenvalue weighted by Crippen LogP contribution is -1.94. The maximum absolute atomic E-state index is 11.5. The van der Waals surface area contributed by atoms with Gasteiger partial charge in [0.1, 0.15) is 0 Å². The van der Waals surface area contributed by atoms with Crippen LogP contribution in [-0.4, -0.2) is 15.6 Å². The number of carbonyl (C=O) groups excluding carboxylic acids is 1. The van der Waals surface area contributed by atoms with Gasteiger partial charge in [0.2, 0.25) is 0 Å². The minimum Gasteiger partial charge on any atom is -0.294 e. The third kappa shape index (κ3) is 1.44. The van der Waals surface area contributed by atoms with Gasteiger partial charge in [0.25, 0.3) is 0 Å². The molecule has 0 spiro atoms. The lowest BCUT2D eigenvalue weighted by Gasteiger charge is -1.99. The summed E-state index contributed by atoms with van der Waals surface area (Å²) in [6.45, 7) is 3.65. The topological polar surface area (TPSA) is 34.9 Å². The largest absolute Gasteiger partial charge is 0.294 e. The van der Waals surface area contributed by atoms with Crippen LogP contribution in [0.2, 0.25) is 0 Å². The predicted molar refractivity (Wildman–Crippen MR) is 60.1 cm³/mol. The van der Waals surface area contributed by atoms with Gasteiger partial charge in [0, 0.05) is 18.0 Å². The SMILES string of the molecule is CCc1nn(C)c2cccc(C(C)=O)c12. The van der Waals surface area contributed by atoms with Gasteiger partial charge in [-0.05, 0) is 19.4 Å². The molecule has 0 radical (unpaired) electrons. The molecule has 0 atom stereocenters. The third-order valence-corrected chi connectivity index (χ3v) is 2.66. The normalized spacial score (nSPS) is 10.9. The van der Waals surface area contributed by atoms with Crippen LogP contribution in [0.4, 0.5) is 0 Å². The summed E-state index contributed by atoms with van der Waals surface area (Å²) in [4.78, 5) is 11.5. The molecule has 0 saturated carbocycles. The minimum atomic E-state index is 0.100. The van der Waals surface area contributed by atoms with Crippen LogP contribution in [0.15, 0.2) is 18.2 Å². The third-order valence-electron chi connectivity index (χ3n) is 2.66. The summed E-state index contributed by atoms with van der Waals surface area (Å²) in [6.07, 6.45) is 0.849. The number of hydrogen-bond donors (Lipinski definition) is 0. The van der Waals surface area contributed by atoms with E-state index in [0.29, 0.717) is 0 Å². The molecular weight excluding hydrogens is 188 g/mol. The minimum absolute atomic E-state index is 0.100. The predicted octanol–water partition coefficient (Wildman–Crippen LogP) is 2.34. The van der Waals surface area contributed by atoms with Crippen molar-refractivity contribution < 1.29 is 4.79 Å². The second-order valence-corrected chi connectivity index (χ2v) is 3.68. The average Bonchev–Trinajstić information content (AvgIpc) is 2.55. The zero-order chi connectivity index (χ0) is 11.0. The maximum atomic E-state index is 11.5. The van der Waals surface area contributed by atoms with Gasteiger partial charge in [-0.15, -0.1) is 0 Å². The van der Waals surface area contributed by atoms with Crippen LogP contribution in [0.25, 0.3) is 10.9 Å². The second-order valence-electron chi connectivity index (χ2n) is 3.68. The van der Waals surface area contributed by atoms with E-state index in [1.165, 1.54) is 0 Å². The highest BCUT2D eigenvalue weighted by Gasteiger charge is 2.13. The van der Waals surface area contributed by atoms with E-state index >= 15 is 0 Å². The van der Waals surface area contributed by atoms with E-state index in [1.54, 1.807) is 6.92 Å². The van der Waals surface area contributed by atoms with Crippen molar-refractivity contribution in [1.29, 1.82) is 0 Å². The monoisotopic (exact) mass is 202 g/mol. The zero-order valence-corrected chi connectivity index (χ0v) is 9.24. The van der Waals surface area contributed by atoms with Crippen LogP contribution >= 0.6 is 0 Å². The van der Waals surface area contributed by atoms with Crippen molar-refractivity contribution in [2.75, 3.05) is 0 Å². The van der Waals surface area contributed by atoms with Crippen molar-refractivity contribution in [2.45, 2.75) is 20.3 Å². The molecule has 3 nitrogen and oxygen atoms in total. The van der Waals surface area contributed by atoms with Crippen LogP contribution in [0, 0.1) is 0 Å². The van der Waals surface area contributed by atoms with E-state index in [-0.39, 0.29) is 5.78 Å². The summed E-state index contributed by atoms with van der Waals surface area (Å²) >= 11 is 0. The van der Waals surface area contributed by atoms with Crippen molar-refractivity contribution in [3.63, 3.8) is 0 Å². The molecule has 0 aliphatic carbocycles. The highest BCUT2D eigenvalue weighted by atomic mass is 16.1. The zero-order valence-electron chi connectivity index (χ0n) is 9.24. The Labute approximate surface area is 88.7 Å². The maximum Gasteiger partial charge on any atom is 0.160 e. The Balaban J connectivity index is 2.88. The Morgan fingerprint density at radius 2 is 2.20 bits per heavy atom. The fourth-order valence-corrected chi connectivity index (χ4v) is 1.94. The molecule has 2 aromatic rings. The summed E-state index contributed by atoms with van der Waals surface area (Å²) in [5, 5.41) is 5.42. The quantitative estimate of drug-likeness (QED) is 0.700. The van der Waals surface area contributed by atoms with E-state index in [1.807, 2.05) is 29.9 Å². The van der Waals surface area contributed by atoms with E-state index in [2.05, 4.69) is 12.0 Å². The molecule has 0 saturated heterocycles. The average molecular weight is 202 g/mol. The number of aromatic nitrogens is 2. The van der Waals surface area contributed by atoms with E-state index in [4.69, 9.17) is 0 Å². The fourth-order valence-electron chi connectivity index (χ4n) is 1.94. The van der Waals surface area contributed by atoms with Crippen LogP contribution in [0.5, 0.6) is 0 Å². The number of rotatable bonds is 2. The lowest BCUT2D eigenvalue weighted by atomic mass is 10.0. The summed E-state index contributed by atoms with van der Waals surface area (Å²) in [7, 11) is 1.91. The molecular formula is C12H14N2O. The number of hydrogen-bond acceptors (Lipinski definition) is 2. The number of aryl methyl sites for hydroxylation is 2. The highest BCUT2D eigenvalue weighted by Crippen LogP contribution is 2.23. The molecule has 0 bridgehead atoms. The molecule has 0 fully saturated rings. The fraction of sp³-hybridized carbons (Fsp3) is 0.333. The molecule has 0 N–H and O–H groups in total. The van der Waals surface area contributed by atoms with Crippen molar-refractivity contribution in [3.8, 4) is 0 Å². The van der Waals surface area contributed by atoms with Crippen LogP contribution in [0.1, 0.15) is 29.9 Å². The highest BCUT2D eigenvalue weighted by molar-refractivity contribution is 6.07. The van der Waals surface area contributed by atoms with Crippen molar-refractivity contribution >= 4 is 16.7 Å². The van der Waals surface area contributed by atoms with E-state index < -0.39 is 0 Å². The lowest BCUT2D eigenvalue weighted by molar-refractivity contribution is 0.101. The van der Waals surface area contributed by atoms with Crippen LogP contribution in [-0.2, 0) is 13.5 Å². The number of carbonyl (C=O) groups is 1. The Hall–Kier alpha value is -1.64. The van der Waals surface area contributed by atoms with Crippen molar-refractivity contribution in [3.05, 3.63) is 29.5 Å². The summed E-state index contributed by atoms with van der Waals surface area (Å²) < 4.78 is 1.83. The van der Waals surface area contributed by atoms with Gasteiger partial charge in [-0.1, -0.05) is 19.1 Å². The van der Waals surface area contributed by atoms with Gasteiger partial charge >= 0.3 is 0 Å². The molecule has 1 heterocycles. The Morgan fingerprint density at radius 3 is 2.80 bits per heavy atom. The van der Waals surface area contributed by atoms with Gasteiger partial charge in [-0.2, -0.15) is 5.10 Å². The molecule has 1 aromatic heterocycles. The number of Topliss-reactive ketones (excluding diaryl/α,β-unsaturated/α-hetero) is 1. The molecule has 0 aliphatic rings. The smallest absolute Gasteiger partial charge is 0.160 e. The standard InChI is InChI=1S/C12H14N2O/c1-4-10-12-9(8(2)15)6-5-7-11(12)14(3)13-10/h5-7H,4H2,1-3H3. The summed E-state index contributed by atoms with van der Waals surface area (Å²) in [5.74, 6) is 0.100. The Kier molecular flexibility index (Phi) is 2.31. The summed E-state index contributed by atoms with van der Waals surface area (Å²) in [6, 6.07) is 5.76. The Morgan fingerprint density at radius 1 is 1.47 bits per heavy atom. The van der Waals surface area contributed by atoms with Crippen molar-refractivity contribution in [1.82, 2.24) is 9.78 Å². The van der Waals surface area contributed by atoms with Gasteiger partial charge in [0.15, 0.2) is 5.78 Å². The number of fused-ring (bicyclic) bond motifs is 1. The van der Waals surface area contributed by atoms with Gasteiger partial charge in [-0.3, -0.25) is 9.48 Å². The van der Waals surface area contributed by atoms with Crippen LogP contribution < -0.4 is 0 Å². The van der Waals surface area contributed by atoms with E-state index in [9.17, 15) is 4.79 Å². The molecule has 0 amide bonds. The van der Waals surface area contributed by atoms with Gasteiger partial charge in [-0.25, -0.2) is 0 Å². The molecule has 78 valence electrons. The number of ketones is 1. The van der Waals surface area contributed by atoms with Crippen LogP contribution in [0.3, 0.4) is 0 Å². The molecule has 1 aromatic carbocycles. The molecule has 0 unspecified atom stereocenters. The molecule has 2 rings (SSSR count). The van der Waals surface area contributed by atoms with Gasteiger partial charge in [0.05, 0.1) is 11.2 Å². The first kappa shape index (κ1) is 9.90. The molecule has 15 heavy (non-hydrogen) atoms. The second kappa shape index (κ2) is 3.50. The van der Waals surface area contributed by atoms with Gasteiger partial charge < -0.3 is 0 Å². The van der Waals surface area contributed by atoms with E-state index in [0.717, 1.165) is 28.6 Å².